The Bertz CT molecular complexity index is 890. The maximum absolute atomic E-state index is 10.3. The van der Waals surface area contributed by atoms with Crippen LogP contribution in [0.4, 0.5) is 5.82 Å². The minimum absolute atomic E-state index is 0.382. The van der Waals surface area contributed by atoms with Crippen LogP contribution in [0, 0.1) is 0 Å². The van der Waals surface area contributed by atoms with Gasteiger partial charge in [0.1, 0.15) is 24.6 Å². The number of isothiocyanates is 1. The molecular weight excluding hydrogens is 432 g/mol. The highest BCUT2D eigenvalue weighted by atomic mass is 32.1. The number of hydrogen-bond acceptors (Lipinski definition) is 10. The summed E-state index contributed by atoms with van der Waals surface area (Å²) in [4.78, 5) is 16.9. The molecular formula is C21H32N6O4S. The Morgan fingerprint density at radius 1 is 1.03 bits per heavy atom. The molecule has 1 aliphatic rings. The van der Waals surface area contributed by atoms with E-state index < -0.39 is 24.5 Å². The number of aromatic nitrogens is 4. The topological polar surface area (TPSA) is 138 Å². The van der Waals surface area contributed by atoms with Crippen molar-refractivity contribution in [2.24, 2.45) is 4.99 Å². The van der Waals surface area contributed by atoms with E-state index in [2.05, 4.69) is 42.6 Å². The third-order valence-electron chi connectivity index (χ3n) is 5.70. The molecule has 3 heterocycles. The van der Waals surface area contributed by atoms with Crippen molar-refractivity contribution >= 4 is 34.4 Å². The molecule has 11 heteroatoms. The van der Waals surface area contributed by atoms with Gasteiger partial charge in [-0.25, -0.2) is 19.9 Å². The number of fused-ring (bicyclic) bond motifs is 1. The van der Waals surface area contributed by atoms with Crippen LogP contribution in [-0.2, 0) is 4.74 Å². The second-order valence-corrected chi connectivity index (χ2v) is 8.19. The van der Waals surface area contributed by atoms with Crippen LogP contribution >= 0.6 is 12.2 Å². The minimum atomic E-state index is -1.19. The van der Waals surface area contributed by atoms with Gasteiger partial charge in [-0.2, -0.15) is 0 Å². The van der Waals surface area contributed by atoms with Crippen LogP contribution in [0.2, 0.25) is 0 Å². The largest absolute Gasteiger partial charge is 0.394 e. The molecule has 176 valence electrons. The smallest absolute Gasteiger partial charge is 0.167 e. The molecule has 0 spiro atoms. The van der Waals surface area contributed by atoms with E-state index in [1.54, 1.807) is 4.57 Å². The van der Waals surface area contributed by atoms with Crippen molar-refractivity contribution in [1.29, 1.82) is 0 Å². The van der Waals surface area contributed by atoms with E-state index >= 15 is 0 Å². The van der Waals surface area contributed by atoms with Gasteiger partial charge in [0.25, 0.3) is 0 Å². The number of anilines is 1. The van der Waals surface area contributed by atoms with E-state index in [4.69, 9.17) is 4.74 Å². The third-order valence-corrected chi connectivity index (χ3v) is 5.83. The summed E-state index contributed by atoms with van der Waals surface area (Å²) in [5.74, 6) is 0.625. The molecule has 10 nitrogen and oxygen atoms in total. The zero-order valence-corrected chi connectivity index (χ0v) is 19.0. The molecule has 4 N–H and O–H groups in total. The molecule has 2 aromatic rings. The van der Waals surface area contributed by atoms with Gasteiger partial charge >= 0.3 is 0 Å². The number of aliphatic hydroxyl groups excluding tert-OH is 3. The van der Waals surface area contributed by atoms with Gasteiger partial charge in [-0.3, -0.25) is 4.57 Å². The molecule has 1 fully saturated rings. The summed E-state index contributed by atoms with van der Waals surface area (Å²) in [6.07, 6.45) is 8.25. The first-order valence-corrected chi connectivity index (χ1v) is 11.7. The number of hydrogen-bond donors (Lipinski definition) is 4. The number of thiocarbonyl (C=S) groups is 1. The van der Waals surface area contributed by atoms with Gasteiger partial charge < -0.3 is 25.4 Å². The second-order valence-electron chi connectivity index (χ2n) is 8.00. The van der Waals surface area contributed by atoms with Crippen molar-refractivity contribution in [3.63, 3.8) is 0 Å². The summed E-state index contributed by atoms with van der Waals surface area (Å²) in [6.45, 7) is 1.19. The molecule has 3 rings (SSSR count). The fraction of sp³-hybridized carbons (Fsp3) is 0.714. The second kappa shape index (κ2) is 12.9. The Morgan fingerprint density at radius 2 is 1.75 bits per heavy atom. The molecule has 0 aliphatic carbocycles. The van der Waals surface area contributed by atoms with Crippen molar-refractivity contribution in [2.45, 2.75) is 75.9 Å². The Labute approximate surface area is 192 Å². The van der Waals surface area contributed by atoms with Gasteiger partial charge in [0.2, 0.25) is 0 Å². The molecule has 0 bridgehead atoms. The van der Waals surface area contributed by atoms with Crippen molar-refractivity contribution in [3.05, 3.63) is 12.7 Å². The lowest BCUT2D eigenvalue weighted by atomic mass is 10.1. The van der Waals surface area contributed by atoms with Gasteiger partial charge in [0, 0.05) is 13.1 Å². The molecule has 1 aliphatic heterocycles. The van der Waals surface area contributed by atoms with E-state index in [-0.39, 0.29) is 6.61 Å². The normalized spacial score (nSPS) is 22.8. The fourth-order valence-electron chi connectivity index (χ4n) is 3.91. The number of nitrogens with zero attached hydrogens (tertiary/aromatic N) is 5. The highest BCUT2D eigenvalue weighted by Gasteiger charge is 2.44. The van der Waals surface area contributed by atoms with Crippen LogP contribution in [0.5, 0.6) is 0 Å². The molecule has 4 atom stereocenters. The minimum Gasteiger partial charge on any atom is -0.394 e. The van der Waals surface area contributed by atoms with Gasteiger partial charge in [0.05, 0.1) is 18.1 Å². The van der Waals surface area contributed by atoms with E-state index in [0.717, 1.165) is 32.4 Å². The molecule has 0 aromatic carbocycles. The fourth-order valence-corrected chi connectivity index (χ4v) is 4.00. The highest BCUT2D eigenvalue weighted by Crippen LogP contribution is 2.32. The SMILES string of the molecule is OC[C@H]1O[C@@H](n2cnc3c(NCCCCCCCCCCN=C=S)ncnc32)[C@H](O)[C@@H]1O. The lowest BCUT2D eigenvalue weighted by Crippen LogP contribution is -2.33. The zero-order chi connectivity index (χ0) is 22.8. The quantitative estimate of drug-likeness (QED) is 0.188. The van der Waals surface area contributed by atoms with Crippen molar-refractivity contribution in [1.82, 2.24) is 19.5 Å². The van der Waals surface area contributed by atoms with Crippen LogP contribution in [0.15, 0.2) is 17.6 Å². The predicted molar refractivity (Wildman–Crippen MR) is 124 cm³/mol. The summed E-state index contributed by atoms with van der Waals surface area (Å²) < 4.78 is 7.15. The number of unbranched alkanes of at least 4 members (excludes halogenated alkanes) is 7. The lowest BCUT2D eigenvalue weighted by Gasteiger charge is -2.16. The zero-order valence-electron chi connectivity index (χ0n) is 18.1. The van der Waals surface area contributed by atoms with Gasteiger partial charge in [-0.15, -0.1) is 0 Å². The monoisotopic (exact) mass is 464 g/mol. The molecule has 32 heavy (non-hydrogen) atoms. The van der Waals surface area contributed by atoms with Crippen LogP contribution in [0.25, 0.3) is 11.2 Å². The summed E-state index contributed by atoms with van der Waals surface area (Å²) in [6, 6.07) is 0. The van der Waals surface area contributed by atoms with Crippen molar-refractivity contribution < 1.29 is 20.1 Å². The van der Waals surface area contributed by atoms with E-state index in [9.17, 15) is 15.3 Å². The first-order chi connectivity index (χ1) is 15.7. The van der Waals surface area contributed by atoms with Gasteiger partial charge in [0.15, 0.2) is 23.2 Å². The van der Waals surface area contributed by atoms with Crippen molar-refractivity contribution in [3.8, 4) is 0 Å². The predicted octanol–water partition coefficient (Wildman–Crippen LogP) is 2.07. The van der Waals surface area contributed by atoms with E-state index in [1.165, 1.54) is 44.8 Å². The van der Waals surface area contributed by atoms with Crippen LogP contribution in [0.1, 0.15) is 57.6 Å². The summed E-state index contributed by atoms with van der Waals surface area (Å²) in [5.41, 5.74) is 1.07. The Hall–Kier alpha value is -2.01. The van der Waals surface area contributed by atoms with E-state index in [1.807, 2.05) is 0 Å². The standard InChI is InChI=1S/C21H32N6O4S/c28-11-15-17(29)18(30)21(31-15)27-13-26-16-19(24-12-25-20(16)27)23-10-8-6-4-2-1-3-5-7-9-22-14-32/h12-13,15,17-18,21,28-30H,1-11H2,(H,23,24,25)/t15-,17-,18-,21-/m1/s1. The number of aliphatic hydroxyl groups is 3. The van der Waals surface area contributed by atoms with E-state index in [0.29, 0.717) is 17.0 Å². The number of imidazole rings is 1. The van der Waals surface area contributed by atoms with Crippen LogP contribution in [0.3, 0.4) is 0 Å². The first-order valence-electron chi connectivity index (χ1n) is 11.2. The van der Waals surface area contributed by atoms with Gasteiger partial charge in [-0.05, 0) is 25.1 Å². The summed E-state index contributed by atoms with van der Waals surface area (Å²) in [7, 11) is 0. The Balaban J connectivity index is 1.41. The summed E-state index contributed by atoms with van der Waals surface area (Å²) >= 11 is 4.55. The molecule has 0 amide bonds. The molecule has 2 aromatic heterocycles. The number of rotatable bonds is 14. The molecule has 0 saturated carbocycles. The lowest BCUT2D eigenvalue weighted by molar-refractivity contribution is -0.0511. The number of ether oxygens (including phenoxy) is 1. The molecule has 0 radical (unpaired) electrons. The summed E-state index contributed by atoms with van der Waals surface area (Å²) in [5, 5.41) is 35.3. The molecule has 1 saturated heterocycles. The van der Waals surface area contributed by atoms with Gasteiger partial charge in [-0.1, -0.05) is 38.5 Å². The Kier molecular flexibility index (Phi) is 9.91. The maximum Gasteiger partial charge on any atom is 0.167 e. The number of aliphatic imine (C=N–C) groups is 1. The average molecular weight is 465 g/mol. The highest BCUT2D eigenvalue weighted by molar-refractivity contribution is 7.78. The molecule has 0 unspecified atom stereocenters. The maximum atomic E-state index is 10.3. The van der Waals surface area contributed by atoms with Crippen LogP contribution < -0.4 is 5.32 Å². The first kappa shape index (κ1) is 24.6. The Morgan fingerprint density at radius 3 is 2.44 bits per heavy atom. The average Bonchev–Trinajstić information content (AvgIpc) is 3.36. The third kappa shape index (κ3) is 6.28. The van der Waals surface area contributed by atoms with Crippen LogP contribution in [-0.4, -0.2) is 78.0 Å². The van der Waals surface area contributed by atoms with Crippen molar-refractivity contribution in [2.75, 3.05) is 25.0 Å². The number of nitrogens with one attached hydrogen (secondary N) is 1.